The van der Waals surface area contributed by atoms with Crippen molar-refractivity contribution in [1.29, 1.82) is 0 Å². The molecule has 0 aliphatic carbocycles. The molecule has 4 nitrogen and oxygen atoms in total. The van der Waals surface area contributed by atoms with Crippen LogP contribution in [0.4, 0.5) is 0 Å². The van der Waals surface area contributed by atoms with E-state index in [2.05, 4.69) is 21.2 Å². The normalized spacial score (nSPS) is 13.7. The minimum absolute atomic E-state index is 0.0935. The highest BCUT2D eigenvalue weighted by atomic mass is 79.9. The van der Waals surface area contributed by atoms with Crippen LogP contribution in [0.5, 0.6) is 0 Å². The standard InChI is InChI=1S/C10H20BrNO3/c1-10(2,3)15-7-9(13)12-5-8(11)6-14-4/h8H,5-7H2,1-4H3,(H,12,13). The van der Waals surface area contributed by atoms with Gasteiger partial charge in [0, 0.05) is 13.7 Å². The largest absolute Gasteiger partial charge is 0.383 e. The van der Waals surface area contributed by atoms with E-state index < -0.39 is 0 Å². The fourth-order valence-corrected chi connectivity index (χ4v) is 1.22. The lowest BCUT2D eigenvalue weighted by Crippen LogP contribution is -2.36. The molecule has 0 spiro atoms. The molecule has 0 aromatic heterocycles. The lowest BCUT2D eigenvalue weighted by atomic mass is 10.2. The first kappa shape index (κ1) is 14.9. The maximum atomic E-state index is 11.3. The first-order chi connectivity index (χ1) is 6.85. The molecule has 0 bridgehead atoms. The van der Waals surface area contributed by atoms with Crippen molar-refractivity contribution < 1.29 is 14.3 Å². The Balaban J connectivity index is 3.58. The Labute approximate surface area is 99.8 Å². The molecule has 0 fully saturated rings. The van der Waals surface area contributed by atoms with E-state index in [9.17, 15) is 4.79 Å². The van der Waals surface area contributed by atoms with Gasteiger partial charge in [0.2, 0.25) is 5.91 Å². The van der Waals surface area contributed by atoms with Gasteiger partial charge in [0.05, 0.1) is 17.0 Å². The zero-order valence-electron chi connectivity index (χ0n) is 9.80. The van der Waals surface area contributed by atoms with Crippen LogP contribution in [0.3, 0.4) is 0 Å². The number of amides is 1. The number of carbonyl (C=O) groups excluding carboxylic acids is 1. The van der Waals surface area contributed by atoms with E-state index in [0.717, 1.165) is 0 Å². The molecule has 5 heteroatoms. The molecule has 0 heterocycles. The van der Waals surface area contributed by atoms with Crippen LogP contribution in [-0.2, 0) is 14.3 Å². The van der Waals surface area contributed by atoms with Gasteiger partial charge in [-0.3, -0.25) is 4.79 Å². The average molecular weight is 282 g/mol. The highest BCUT2D eigenvalue weighted by molar-refractivity contribution is 9.09. The Kier molecular flexibility index (Phi) is 7.13. The molecular weight excluding hydrogens is 262 g/mol. The van der Waals surface area contributed by atoms with Crippen LogP contribution in [0, 0.1) is 0 Å². The van der Waals surface area contributed by atoms with E-state index in [4.69, 9.17) is 9.47 Å². The van der Waals surface area contributed by atoms with E-state index >= 15 is 0 Å². The maximum Gasteiger partial charge on any atom is 0.246 e. The molecule has 0 aromatic carbocycles. The van der Waals surface area contributed by atoms with Crippen LogP contribution in [0.15, 0.2) is 0 Å². The van der Waals surface area contributed by atoms with Crippen molar-refractivity contribution in [2.75, 3.05) is 26.9 Å². The van der Waals surface area contributed by atoms with Gasteiger partial charge in [-0.2, -0.15) is 0 Å². The molecule has 90 valence electrons. The summed E-state index contributed by atoms with van der Waals surface area (Å²) in [6.45, 7) is 6.95. The minimum atomic E-state index is -0.280. The van der Waals surface area contributed by atoms with Gasteiger partial charge in [-0.1, -0.05) is 15.9 Å². The number of hydrogen-bond donors (Lipinski definition) is 1. The first-order valence-electron chi connectivity index (χ1n) is 4.89. The smallest absolute Gasteiger partial charge is 0.246 e. The number of halogens is 1. The quantitative estimate of drug-likeness (QED) is 0.748. The molecule has 0 aliphatic heterocycles. The molecule has 1 amide bonds. The Morgan fingerprint density at radius 1 is 1.47 bits per heavy atom. The van der Waals surface area contributed by atoms with E-state index in [1.54, 1.807) is 7.11 Å². The van der Waals surface area contributed by atoms with Gasteiger partial charge >= 0.3 is 0 Å². The summed E-state index contributed by atoms with van der Waals surface area (Å²) in [5.74, 6) is -0.106. The van der Waals surface area contributed by atoms with Gasteiger partial charge < -0.3 is 14.8 Å². The number of nitrogens with one attached hydrogen (secondary N) is 1. The molecule has 0 aromatic rings. The van der Waals surface area contributed by atoms with Gasteiger partial charge in [-0.05, 0) is 20.8 Å². The van der Waals surface area contributed by atoms with Gasteiger partial charge in [0.1, 0.15) is 6.61 Å². The number of rotatable bonds is 6. The van der Waals surface area contributed by atoms with E-state index in [0.29, 0.717) is 13.2 Å². The van der Waals surface area contributed by atoms with Gasteiger partial charge in [-0.25, -0.2) is 0 Å². The molecule has 0 rings (SSSR count). The zero-order chi connectivity index (χ0) is 11.9. The fourth-order valence-electron chi connectivity index (χ4n) is 0.797. The summed E-state index contributed by atoms with van der Waals surface area (Å²) < 4.78 is 10.2. The van der Waals surface area contributed by atoms with Crippen molar-refractivity contribution in [1.82, 2.24) is 5.32 Å². The van der Waals surface area contributed by atoms with Crippen LogP contribution < -0.4 is 5.32 Å². The van der Waals surface area contributed by atoms with Gasteiger partial charge in [0.15, 0.2) is 0 Å². The Bertz CT molecular complexity index is 192. The molecular formula is C10H20BrNO3. The van der Waals surface area contributed by atoms with Crippen molar-refractivity contribution >= 4 is 21.8 Å². The SMILES string of the molecule is COCC(Br)CNC(=O)COC(C)(C)C. The molecule has 0 saturated carbocycles. The van der Waals surface area contributed by atoms with Crippen LogP contribution in [-0.4, -0.2) is 43.2 Å². The van der Waals surface area contributed by atoms with Crippen molar-refractivity contribution in [3.8, 4) is 0 Å². The van der Waals surface area contributed by atoms with Crippen LogP contribution in [0.25, 0.3) is 0 Å². The molecule has 15 heavy (non-hydrogen) atoms. The van der Waals surface area contributed by atoms with Crippen molar-refractivity contribution in [3.63, 3.8) is 0 Å². The summed E-state index contributed by atoms with van der Waals surface area (Å²) >= 11 is 3.38. The second-order valence-corrected chi connectivity index (χ2v) is 5.55. The summed E-state index contributed by atoms with van der Waals surface area (Å²) in [5.41, 5.74) is -0.280. The lowest BCUT2D eigenvalue weighted by molar-refractivity contribution is -0.130. The molecule has 1 atom stereocenters. The number of hydrogen-bond acceptors (Lipinski definition) is 3. The molecule has 1 unspecified atom stereocenters. The van der Waals surface area contributed by atoms with Crippen LogP contribution in [0.2, 0.25) is 0 Å². The molecule has 0 saturated heterocycles. The summed E-state index contributed by atoms with van der Waals surface area (Å²) in [4.78, 5) is 11.4. The predicted molar refractivity (Wildman–Crippen MR) is 63.3 cm³/mol. The Morgan fingerprint density at radius 3 is 2.53 bits per heavy atom. The van der Waals surface area contributed by atoms with Gasteiger partial charge in [0.25, 0.3) is 0 Å². The number of ether oxygens (including phenoxy) is 2. The van der Waals surface area contributed by atoms with E-state index in [1.807, 2.05) is 20.8 Å². The minimum Gasteiger partial charge on any atom is -0.383 e. The van der Waals surface area contributed by atoms with Crippen LogP contribution in [0.1, 0.15) is 20.8 Å². The summed E-state index contributed by atoms with van der Waals surface area (Å²) in [6.07, 6.45) is 0. The van der Waals surface area contributed by atoms with Crippen LogP contribution >= 0.6 is 15.9 Å². The first-order valence-corrected chi connectivity index (χ1v) is 5.80. The lowest BCUT2D eigenvalue weighted by Gasteiger charge is -2.19. The summed E-state index contributed by atoms with van der Waals surface area (Å²) in [6, 6.07) is 0. The average Bonchev–Trinajstić information content (AvgIpc) is 2.11. The topological polar surface area (TPSA) is 47.6 Å². The maximum absolute atomic E-state index is 11.3. The van der Waals surface area contributed by atoms with Crippen molar-refractivity contribution in [3.05, 3.63) is 0 Å². The second-order valence-electron chi connectivity index (χ2n) is 4.26. The Morgan fingerprint density at radius 2 is 2.07 bits per heavy atom. The summed E-state index contributed by atoms with van der Waals surface area (Å²) in [5, 5.41) is 2.75. The Hall–Kier alpha value is -0.130. The third kappa shape index (κ3) is 10.2. The molecule has 0 radical (unpaired) electrons. The fraction of sp³-hybridized carbons (Fsp3) is 0.900. The third-order valence-corrected chi connectivity index (χ3v) is 2.09. The predicted octanol–water partition coefficient (Wildman–Crippen LogP) is 1.33. The van der Waals surface area contributed by atoms with E-state index in [1.165, 1.54) is 0 Å². The monoisotopic (exact) mass is 281 g/mol. The highest BCUT2D eigenvalue weighted by Crippen LogP contribution is 2.05. The highest BCUT2D eigenvalue weighted by Gasteiger charge is 2.13. The van der Waals surface area contributed by atoms with Gasteiger partial charge in [-0.15, -0.1) is 0 Å². The van der Waals surface area contributed by atoms with E-state index in [-0.39, 0.29) is 22.9 Å². The van der Waals surface area contributed by atoms with Crippen molar-refractivity contribution in [2.24, 2.45) is 0 Å². The molecule has 1 N–H and O–H groups in total. The molecule has 0 aliphatic rings. The zero-order valence-corrected chi connectivity index (χ0v) is 11.4. The number of carbonyl (C=O) groups is 1. The van der Waals surface area contributed by atoms with Crippen molar-refractivity contribution in [2.45, 2.75) is 31.2 Å². The summed E-state index contributed by atoms with van der Waals surface area (Å²) in [7, 11) is 1.62. The second kappa shape index (κ2) is 7.19. The number of methoxy groups -OCH3 is 1. The third-order valence-electron chi connectivity index (χ3n) is 1.50. The number of alkyl halides is 1.